The number of carbonyl (C=O) groups excluding carboxylic acids is 1. The van der Waals surface area contributed by atoms with Gasteiger partial charge in [0.1, 0.15) is 5.69 Å². The first-order valence-corrected chi connectivity index (χ1v) is 11.7. The third kappa shape index (κ3) is 4.54. The van der Waals surface area contributed by atoms with Crippen molar-refractivity contribution in [2.24, 2.45) is 10.2 Å². The number of anilines is 1. The van der Waals surface area contributed by atoms with Crippen LogP contribution in [0.5, 0.6) is 5.75 Å². The molecule has 0 aliphatic heterocycles. The predicted molar refractivity (Wildman–Crippen MR) is 144 cm³/mol. The predicted octanol–water partition coefficient (Wildman–Crippen LogP) is 8.37. The van der Waals surface area contributed by atoms with Crippen LogP contribution in [0.2, 0.25) is 0 Å². The lowest BCUT2D eigenvalue weighted by Gasteiger charge is -2.16. The van der Waals surface area contributed by atoms with Crippen LogP contribution in [-0.4, -0.2) is 11.0 Å². The maximum atomic E-state index is 13.4. The minimum atomic E-state index is -0.391. The highest BCUT2D eigenvalue weighted by Crippen LogP contribution is 2.40. The van der Waals surface area contributed by atoms with Crippen molar-refractivity contribution in [3.05, 3.63) is 93.0 Å². The summed E-state index contributed by atoms with van der Waals surface area (Å²) in [5, 5.41) is 24.6. The highest BCUT2D eigenvalue weighted by atomic mass is 16.3. The number of hydrogen-bond donors (Lipinski definition) is 2. The number of amides is 1. The van der Waals surface area contributed by atoms with Gasteiger partial charge in [0.15, 0.2) is 5.75 Å². The number of benzene rings is 4. The summed E-state index contributed by atoms with van der Waals surface area (Å²) in [6.07, 6.45) is 0. The molecule has 0 saturated carbocycles. The number of phenolic OH excluding ortho intramolecular Hbond substituents is 1. The number of nitrogens with zero attached hydrogens (tertiary/aromatic N) is 2. The van der Waals surface area contributed by atoms with Crippen LogP contribution in [0, 0.1) is 48.5 Å². The minimum Gasteiger partial charge on any atom is -0.505 e. The Morgan fingerprint density at radius 1 is 0.743 bits per heavy atom. The van der Waals surface area contributed by atoms with E-state index in [1.165, 1.54) is 11.1 Å². The van der Waals surface area contributed by atoms with E-state index < -0.39 is 5.91 Å². The first kappa shape index (κ1) is 24.1. The lowest BCUT2D eigenvalue weighted by molar-refractivity contribution is 0.102. The van der Waals surface area contributed by atoms with Crippen LogP contribution >= 0.6 is 0 Å². The maximum absolute atomic E-state index is 13.4. The monoisotopic (exact) mass is 465 g/mol. The third-order valence-electron chi connectivity index (χ3n) is 7.04. The zero-order valence-electron chi connectivity index (χ0n) is 21.4. The molecule has 5 nitrogen and oxygen atoms in total. The van der Waals surface area contributed by atoms with Gasteiger partial charge in [-0.15, -0.1) is 5.11 Å². The summed E-state index contributed by atoms with van der Waals surface area (Å²) in [6.45, 7) is 14.2. The van der Waals surface area contributed by atoms with Gasteiger partial charge in [-0.05, 0) is 111 Å². The largest absolute Gasteiger partial charge is 0.505 e. The number of hydrogen-bond acceptors (Lipinski definition) is 4. The van der Waals surface area contributed by atoms with Crippen LogP contribution in [0.3, 0.4) is 0 Å². The third-order valence-corrected chi connectivity index (χ3v) is 7.04. The number of phenols is 1. The zero-order valence-corrected chi connectivity index (χ0v) is 21.4. The Bertz CT molecular complexity index is 1520. The number of carbonyl (C=O) groups is 1. The van der Waals surface area contributed by atoms with Gasteiger partial charge in [-0.25, -0.2) is 0 Å². The summed E-state index contributed by atoms with van der Waals surface area (Å²) in [7, 11) is 0. The van der Waals surface area contributed by atoms with E-state index in [4.69, 9.17) is 0 Å². The van der Waals surface area contributed by atoms with Gasteiger partial charge in [-0.1, -0.05) is 30.3 Å². The van der Waals surface area contributed by atoms with Crippen LogP contribution in [0.15, 0.2) is 58.8 Å². The molecule has 4 rings (SSSR count). The molecule has 178 valence electrons. The van der Waals surface area contributed by atoms with Gasteiger partial charge in [0.25, 0.3) is 5.91 Å². The molecule has 1 amide bonds. The van der Waals surface area contributed by atoms with Crippen LogP contribution in [-0.2, 0) is 0 Å². The van der Waals surface area contributed by atoms with E-state index in [2.05, 4.69) is 35.5 Å². The van der Waals surface area contributed by atoms with E-state index in [0.29, 0.717) is 0 Å². The van der Waals surface area contributed by atoms with Crippen molar-refractivity contribution in [2.75, 3.05) is 5.32 Å². The fourth-order valence-corrected chi connectivity index (χ4v) is 4.28. The van der Waals surface area contributed by atoms with E-state index in [9.17, 15) is 9.90 Å². The second-order valence-corrected chi connectivity index (χ2v) is 9.34. The van der Waals surface area contributed by atoms with Crippen molar-refractivity contribution in [3.63, 3.8) is 0 Å². The molecular weight excluding hydrogens is 434 g/mol. The highest BCUT2D eigenvalue weighted by Gasteiger charge is 2.20. The molecule has 0 aliphatic rings. The highest BCUT2D eigenvalue weighted by molar-refractivity contribution is 6.12. The average Bonchev–Trinajstić information content (AvgIpc) is 2.83. The van der Waals surface area contributed by atoms with E-state index in [-0.39, 0.29) is 17.0 Å². The normalized spacial score (nSPS) is 11.4. The summed E-state index contributed by atoms with van der Waals surface area (Å²) in [4.78, 5) is 13.4. The fourth-order valence-electron chi connectivity index (χ4n) is 4.28. The molecule has 2 N–H and O–H groups in total. The number of aromatic hydroxyl groups is 1. The topological polar surface area (TPSA) is 74.0 Å². The van der Waals surface area contributed by atoms with Gasteiger partial charge in [0.2, 0.25) is 0 Å². The van der Waals surface area contributed by atoms with E-state index in [0.717, 1.165) is 50.0 Å². The molecule has 4 aromatic carbocycles. The van der Waals surface area contributed by atoms with Gasteiger partial charge in [0, 0.05) is 11.1 Å². The maximum Gasteiger partial charge on any atom is 0.259 e. The van der Waals surface area contributed by atoms with Crippen LogP contribution in [0.25, 0.3) is 10.8 Å². The van der Waals surface area contributed by atoms with Crippen LogP contribution in [0.1, 0.15) is 49.3 Å². The average molecular weight is 466 g/mol. The molecule has 4 aromatic rings. The van der Waals surface area contributed by atoms with E-state index in [1.807, 2.05) is 71.0 Å². The van der Waals surface area contributed by atoms with Crippen LogP contribution in [0.4, 0.5) is 17.1 Å². The number of rotatable bonds is 4. The number of aryl methyl sites for hydroxylation is 4. The Kier molecular flexibility index (Phi) is 6.44. The molecule has 0 bridgehead atoms. The van der Waals surface area contributed by atoms with Gasteiger partial charge < -0.3 is 10.4 Å². The van der Waals surface area contributed by atoms with Gasteiger partial charge in [-0.2, -0.15) is 5.11 Å². The summed E-state index contributed by atoms with van der Waals surface area (Å²) in [5.41, 5.74) is 9.65. The Labute approximate surface area is 206 Å². The molecule has 0 radical (unpaired) electrons. The molecule has 0 aliphatic carbocycles. The summed E-state index contributed by atoms with van der Waals surface area (Å²) < 4.78 is 0. The molecule has 0 atom stereocenters. The van der Waals surface area contributed by atoms with Gasteiger partial charge in [0.05, 0.1) is 11.3 Å². The second kappa shape index (κ2) is 9.34. The molecule has 0 saturated heterocycles. The van der Waals surface area contributed by atoms with Gasteiger partial charge >= 0.3 is 0 Å². The van der Waals surface area contributed by atoms with Gasteiger partial charge in [-0.3, -0.25) is 4.79 Å². The van der Waals surface area contributed by atoms with Crippen molar-refractivity contribution >= 4 is 33.7 Å². The molecule has 0 spiro atoms. The zero-order chi connectivity index (χ0) is 25.4. The lowest BCUT2D eigenvalue weighted by Crippen LogP contribution is -2.14. The van der Waals surface area contributed by atoms with Crippen LogP contribution < -0.4 is 5.32 Å². The smallest absolute Gasteiger partial charge is 0.259 e. The molecule has 0 heterocycles. The Hall–Kier alpha value is -3.99. The van der Waals surface area contributed by atoms with E-state index in [1.54, 1.807) is 6.07 Å². The molecular formula is C30H31N3O2. The molecule has 0 fully saturated rings. The molecule has 0 aromatic heterocycles. The number of nitrogens with one attached hydrogen (secondary N) is 1. The lowest BCUT2D eigenvalue weighted by atomic mass is 9.97. The summed E-state index contributed by atoms with van der Waals surface area (Å²) in [5.74, 6) is -0.581. The van der Waals surface area contributed by atoms with Crippen molar-refractivity contribution in [1.29, 1.82) is 0 Å². The first-order valence-electron chi connectivity index (χ1n) is 11.7. The minimum absolute atomic E-state index is 0.157. The second-order valence-electron chi connectivity index (χ2n) is 9.34. The number of azo groups is 1. The van der Waals surface area contributed by atoms with Crippen molar-refractivity contribution in [2.45, 2.75) is 48.5 Å². The Morgan fingerprint density at radius 3 is 2.17 bits per heavy atom. The SMILES string of the molecule is Cc1cc(C)c(N=Nc2c(O)c(C(=O)Nc3cc(C)c(C)c(C)c3C)cc3ccccc23)cc1C. The fraction of sp³-hybridized carbons (Fsp3) is 0.233. The van der Waals surface area contributed by atoms with Crippen molar-refractivity contribution < 1.29 is 9.90 Å². The Balaban J connectivity index is 1.81. The molecule has 35 heavy (non-hydrogen) atoms. The van der Waals surface area contributed by atoms with Crippen molar-refractivity contribution in [1.82, 2.24) is 0 Å². The summed E-state index contributed by atoms with van der Waals surface area (Å²) in [6, 6.07) is 15.3. The van der Waals surface area contributed by atoms with E-state index >= 15 is 0 Å². The summed E-state index contributed by atoms with van der Waals surface area (Å²) >= 11 is 0. The standard InChI is InChI=1S/C30H31N3O2/c1-16-12-19(4)26(13-17(16)2)32-33-28-24-11-9-8-10-23(24)15-25(29(28)34)30(35)31-27-14-18(3)20(5)21(6)22(27)7/h8-15,34H,1-7H3,(H,31,35). The van der Waals surface area contributed by atoms with Crippen molar-refractivity contribution in [3.8, 4) is 5.75 Å². The first-order chi connectivity index (χ1) is 16.6. The number of fused-ring (bicyclic) bond motifs is 1. The molecule has 0 unspecified atom stereocenters. The Morgan fingerprint density at radius 2 is 1.43 bits per heavy atom. The quantitative estimate of drug-likeness (QED) is 0.297. The molecule has 5 heteroatoms.